The van der Waals surface area contributed by atoms with Crippen LogP contribution in [0, 0.1) is 0 Å². The van der Waals surface area contributed by atoms with E-state index in [2.05, 4.69) is 5.32 Å². The Morgan fingerprint density at radius 3 is 2.56 bits per heavy atom. The van der Waals surface area contributed by atoms with Crippen LogP contribution in [0.15, 0.2) is 41.3 Å². The summed E-state index contributed by atoms with van der Waals surface area (Å²) in [4.78, 5) is 23.0. The number of hydrogen-bond donors (Lipinski definition) is 2. The molecule has 1 heterocycles. The van der Waals surface area contributed by atoms with Gasteiger partial charge in [-0.3, -0.25) is 4.79 Å². The van der Waals surface area contributed by atoms with E-state index in [0.717, 1.165) is 0 Å². The molecule has 2 N–H and O–H groups in total. The van der Waals surface area contributed by atoms with Crippen molar-refractivity contribution in [3.05, 3.63) is 52.0 Å². The Morgan fingerprint density at radius 2 is 1.84 bits per heavy atom. The molecule has 2 aromatic rings. The van der Waals surface area contributed by atoms with Crippen molar-refractivity contribution in [2.75, 3.05) is 5.32 Å². The number of rotatable bonds is 3. The number of benzene rings is 2. The van der Waals surface area contributed by atoms with Gasteiger partial charge in [0.25, 0.3) is 10.0 Å². The quantitative estimate of drug-likeness (QED) is 0.608. The van der Waals surface area contributed by atoms with Gasteiger partial charge >= 0.3 is 12.0 Å². The van der Waals surface area contributed by atoms with Crippen molar-refractivity contribution in [3.8, 4) is 5.75 Å². The minimum Gasteiger partial charge on any atom is -0.426 e. The van der Waals surface area contributed by atoms with E-state index >= 15 is 0 Å². The van der Waals surface area contributed by atoms with Crippen molar-refractivity contribution in [2.45, 2.75) is 11.3 Å². The van der Waals surface area contributed by atoms with E-state index in [9.17, 15) is 18.0 Å². The van der Waals surface area contributed by atoms with Crippen LogP contribution in [0.4, 0.5) is 10.5 Å². The Balaban J connectivity index is 1.75. The van der Waals surface area contributed by atoms with Gasteiger partial charge in [-0.1, -0.05) is 23.2 Å². The number of carbonyl (C=O) groups excluding carboxylic acids is 2. The maximum atomic E-state index is 12.3. The smallest absolute Gasteiger partial charge is 0.333 e. The highest BCUT2D eigenvalue weighted by Crippen LogP contribution is 2.28. The van der Waals surface area contributed by atoms with Gasteiger partial charge in [0.15, 0.2) is 0 Å². The molecule has 0 saturated heterocycles. The van der Waals surface area contributed by atoms with Gasteiger partial charge in [0, 0.05) is 11.3 Å². The minimum atomic E-state index is -4.12. The van der Waals surface area contributed by atoms with Gasteiger partial charge in [-0.05, 0) is 36.4 Å². The first-order chi connectivity index (χ1) is 11.7. The molecule has 0 fully saturated rings. The fourth-order valence-corrected chi connectivity index (χ4v) is 3.44. The van der Waals surface area contributed by atoms with E-state index in [1.54, 1.807) is 0 Å². The number of amides is 2. The van der Waals surface area contributed by atoms with Crippen molar-refractivity contribution in [3.63, 3.8) is 0 Å². The van der Waals surface area contributed by atoms with Crippen LogP contribution >= 0.6 is 23.2 Å². The molecule has 7 nitrogen and oxygen atoms in total. The standard InChI is InChI=1S/C15H10Cl2N2O5S/c16-11-3-1-9(7-12(11)17)18-15(21)19-25(22,23)10-2-4-13-8(5-10)6-14(20)24-13/h1-5,7H,6H2,(H2,18,19,21). The van der Waals surface area contributed by atoms with Gasteiger partial charge in [0.1, 0.15) is 5.75 Å². The molecule has 0 spiro atoms. The van der Waals surface area contributed by atoms with Gasteiger partial charge in [-0.2, -0.15) is 0 Å². The highest BCUT2D eigenvalue weighted by atomic mass is 35.5. The summed E-state index contributed by atoms with van der Waals surface area (Å²) in [6, 6.07) is 7.25. The highest BCUT2D eigenvalue weighted by Gasteiger charge is 2.24. The second-order valence-electron chi connectivity index (χ2n) is 5.11. The lowest BCUT2D eigenvalue weighted by molar-refractivity contribution is -0.131. The maximum absolute atomic E-state index is 12.3. The summed E-state index contributed by atoms with van der Waals surface area (Å²) in [5, 5.41) is 2.86. The average molecular weight is 401 g/mol. The second-order valence-corrected chi connectivity index (χ2v) is 7.61. The summed E-state index contributed by atoms with van der Waals surface area (Å²) in [5.41, 5.74) is 0.716. The Morgan fingerprint density at radius 1 is 1.08 bits per heavy atom. The van der Waals surface area contributed by atoms with Crippen molar-refractivity contribution in [1.82, 2.24) is 4.72 Å². The van der Waals surface area contributed by atoms with E-state index in [0.29, 0.717) is 16.3 Å². The topological polar surface area (TPSA) is 102 Å². The number of ether oxygens (including phenoxy) is 1. The number of nitrogens with one attached hydrogen (secondary N) is 2. The normalized spacial score (nSPS) is 13.1. The Kier molecular flexibility index (Phi) is 4.59. The number of esters is 1. The molecule has 2 aromatic carbocycles. The Bertz CT molecular complexity index is 991. The summed E-state index contributed by atoms with van der Waals surface area (Å²) < 4.78 is 31.4. The fraction of sp³-hybridized carbons (Fsp3) is 0.0667. The van der Waals surface area contributed by atoms with Gasteiger partial charge < -0.3 is 10.1 Å². The van der Waals surface area contributed by atoms with Crippen molar-refractivity contribution >= 4 is 50.9 Å². The van der Waals surface area contributed by atoms with Gasteiger partial charge in [-0.15, -0.1) is 0 Å². The summed E-state index contributed by atoms with van der Waals surface area (Å²) in [6.45, 7) is 0. The summed E-state index contributed by atoms with van der Waals surface area (Å²) in [6.07, 6.45) is -0.0197. The van der Waals surface area contributed by atoms with Crippen LogP contribution in [0.25, 0.3) is 0 Å². The number of hydrogen-bond acceptors (Lipinski definition) is 5. The van der Waals surface area contributed by atoms with Gasteiger partial charge in [0.2, 0.25) is 0 Å². The zero-order valence-corrected chi connectivity index (χ0v) is 14.7. The lowest BCUT2D eigenvalue weighted by atomic mass is 10.2. The second kappa shape index (κ2) is 6.55. The molecular weight excluding hydrogens is 391 g/mol. The van der Waals surface area contributed by atoms with Crippen molar-refractivity contribution in [2.24, 2.45) is 0 Å². The third-order valence-corrected chi connectivity index (χ3v) is 5.37. The lowest BCUT2D eigenvalue weighted by Gasteiger charge is -2.10. The molecule has 0 bridgehead atoms. The molecule has 0 saturated carbocycles. The first-order valence-corrected chi connectivity index (χ1v) is 9.11. The molecule has 0 radical (unpaired) electrons. The number of fused-ring (bicyclic) bond motifs is 1. The number of anilines is 1. The SMILES string of the molecule is O=C(Nc1ccc(Cl)c(Cl)c1)NS(=O)(=O)c1ccc2c(c1)CC(=O)O2. The number of sulfonamides is 1. The maximum Gasteiger partial charge on any atom is 0.333 e. The lowest BCUT2D eigenvalue weighted by Crippen LogP contribution is -2.34. The first kappa shape index (κ1) is 17.5. The van der Waals surface area contributed by atoms with Crippen LogP contribution < -0.4 is 14.8 Å². The fourth-order valence-electron chi connectivity index (χ4n) is 2.19. The molecule has 2 amide bonds. The van der Waals surface area contributed by atoms with Crippen LogP contribution in [0.1, 0.15) is 5.56 Å². The Hall–Kier alpha value is -2.29. The number of urea groups is 1. The third-order valence-electron chi connectivity index (χ3n) is 3.31. The molecule has 25 heavy (non-hydrogen) atoms. The van der Waals surface area contributed by atoms with Gasteiger partial charge in [0.05, 0.1) is 21.4 Å². The zero-order chi connectivity index (χ0) is 18.2. The number of carbonyl (C=O) groups is 2. The first-order valence-electron chi connectivity index (χ1n) is 6.87. The summed E-state index contributed by atoms with van der Waals surface area (Å²) in [5.74, 6) is -0.154. The minimum absolute atomic E-state index is 0.0197. The van der Waals surface area contributed by atoms with E-state index in [1.807, 2.05) is 4.72 Å². The molecule has 0 unspecified atom stereocenters. The highest BCUT2D eigenvalue weighted by molar-refractivity contribution is 7.90. The van der Waals surface area contributed by atoms with E-state index in [4.69, 9.17) is 27.9 Å². The molecular formula is C15H10Cl2N2O5S. The molecule has 1 aliphatic rings. The van der Waals surface area contributed by atoms with Crippen molar-refractivity contribution in [1.29, 1.82) is 0 Å². The zero-order valence-electron chi connectivity index (χ0n) is 12.4. The monoisotopic (exact) mass is 400 g/mol. The molecule has 3 rings (SSSR count). The summed E-state index contributed by atoms with van der Waals surface area (Å²) >= 11 is 11.6. The van der Waals surface area contributed by atoms with Crippen LogP contribution in [0.5, 0.6) is 5.75 Å². The van der Waals surface area contributed by atoms with Crippen LogP contribution in [0.3, 0.4) is 0 Å². The molecule has 0 aromatic heterocycles. The number of halogens is 2. The molecule has 0 atom stereocenters. The van der Waals surface area contributed by atoms with E-state index < -0.39 is 22.0 Å². The molecule has 10 heteroatoms. The van der Waals surface area contributed by atoms with Gasteiger partial charge in [-0.25, -0.2) is 17.9 Å². The molecule has 130 valence electrons. The Labute approximate surface area is 152 Å². The largest absolute Gasteiger partial charge is 0.426 e. The molecule has 0 aliphatic carbocycles. The predicted molar refractivity (Wildman–Crippen MR) is 91.6 cm³/mol. The van der Waals surface area contributed by atoms with Crippen LogP contribution in [-0.2, 0) is 21.2 Å². The summed E-state index contributed by atoms with van der Waals surface area (Å²) in [7, 11) is -4.12. The van der Waals surface area contributed by atoms with E-state index in [1.165, 1.54) is 36.4 Å². The van der Waals surface area contributed by atoms with Crippen LogP contribution in [0.2, 0.25) is 10.0 Å². The third kappa shape index (κ3) is 3.87. The van der Waals surface area contributed by atoms with E-state index in [-0.39, 0.29) is 22.0 Å². The average Bonchev–Trinajstić information content (AvgIpc) is 2.89. The molecule has 1 aliphatic heterocycles. The van der Waals surface area contributed by atoms with Crippen molar-refractivity contribution < 1.29 is 22.7 Å². The van der Waals surface area contributed by atoms with Crippen LogP contribution in [-0.4, -0.2) is 20.4 Å². The predicted octanol–water partition coefficient (Wildman–Crippen LogP) is 2.97.